The van der Waals surface area contributed by atoms with Crippen LogP contribution in [0.1, 0.15) is 27.7 Å². The summed E-state index contributed by atoms with van der Waals surface area (Å²) in [5, 5.41) is 15.0. The summed E-state index contributed by atoms with van der Waals surface area (Å²) >= 11 is 1.27. The van der Waals surface area contributed by atoms with Gasteiger partial charge in [0.1, 0.15) is 0 Å². The van der Waals surface area contributed by atoms with Gasteiger partial charge >= 0.3 is 0 Å². The van der Waals surface area contributed by atoms with Crippen LogP contribution < -0.4 is 11.1 Å². The second kappa shape index (κ2) is 6.14. The first kappa shape index (κ1) is 14.9. The fourth-order valence-corrected chi connectivity index (χ4v) is 1.94. The average molecular weight is 272 g/mol. The van der Waals surface area contributed by atoms with Gasteiger partial charge in [0, 0.05) is 12.1 Å². The van der Waals surface area contributed by atoms with Gasteiger partial charge in [-0.25, -0.2) is 4.68 Å². The molecule has 3 N–H and O–H groups in total. The van der Waals surface area contributed by atoms with Crippen LogP contribution in [0.25, 0.3) is 0 Å². The number of nitrogens with two attached hydrogens (primary N) is 1. The molecule has 8 heteroatoms. The second-order valence-corrected chi connectivity index (χ2v) is 6.33. The van der Waals surface area contributed by atoms with Gasteiger partial charge in [-0.1, -0.05) is 11.8 Å². The molecule has 0 saturated heterocycles. The Morgan fingerprint density at radius 1 is 1.56 bits per heavy atom. The molecule has 0 aliphatic carbocycles. The molecule has 0 aromatic carbocycles. The van der Waals surface area contributed by atoms with Gasteiger partial charge in [0.25, 0.3) is 0 Å². The van der Waals surface area contributed by atoms with Crippen LogP contribution in [0.2, 0.25) is 0 Å². The fraction of sp³-hybridized carbons (Fsp3) is 0.800. The maximum absolute atomic E-state index is 11.0. The van der Waals surface area contributed by atoms with Crippen molar-refractivity contribution in [3.05, 3.63) is 0 Å². The number of primary amides is 1. The van der Waals surface area contributed by atoms with E-state index in [-0.39, 0.29) is 16.7 Å². The highest BCUT2D eigenvalue weighted by Gasteiger charge is 2.16. The Hall–Kier alpha value is -1.15. The lowest BCUT2D eigenvalue weighted by atomic mass is 10.1. The molecule has 1 aromatic rings. The molecule has 0 saturated carbocycles. The summed E-state index contributed by atoms with van der Waals surface area (Å²) in [4.78, 5) is 11.0. The highest BCUT2D eigenvalue weighted by atomic mass is 32.2. The molecule has 0 aliphatic rings. The number of amides is 1. The Kier molecular flexibility index (Phi) is 5.09. The number of rotatable bonds is 6. The molecule has 1 atom stereocenters. The van der Waals surface area contributed by atoms with Gasteiger partial charge in [-0.3, -0.25) is 4.79 Å². The molecule has 0 fully saturated rings. The Morgan fingerprint density at radius 3 is 2.78 bits per heavy atom. The molecule has 1 amide bonds. The zero-order chi connectivity index (χ0) is 13.8. The van der Waals surface area contributed by atoms with Crippen molar-refractivity contribution in [2.24, 2.45) is 5.73 Å². The first-order valence-corrected chi connectivity index (χ1v) is 6.65. The Labute approximate surface area is 111 Å². The van der Waals surface area contributed by atoms with E-state index in [1.54, 1.807) is 11.6 Å². The number of aromatic nitrogens is 4. The van der Waals surface area contributed by atoms with E-state index in [0.29, 0.717) is 11.7 Å². The molecule has 0 spiro atoms. The minimum atomic E-state index is -0.373. The van der Waals surface area contributed by atoms with Crippen molar-refractivity contribution in [2.45, 2.75) is 50.2 Å². The molecular weight excluding hydrogens is 252 g/mol. The molecule has 102 valence electrons. The quantitative estimate of drug-likeness (QED) is 0.709. The van der Waals surface area contributed by atoms with E-state index >= 15 is 0 Å². The Bertz CT molecular complexity index is 399. The molecule has 1 rings (SSSR count). The summed E-state index contributed by atoms with van der Waals surface area (Å²) in [6.07, 6.45) is 0. The Balaban J connectivity index is 2.52. The monoisotopic (exact) mass is 272 g/mol. The van der Waals surface area contributed by atoms with E-state index in [2.05, 4.69) is 41.6 Å². The molecule has 0 radical (unpaired) electrons. The average Bonchev–Trinajstić information content (AvgIpc) is 2.63. The third kappa shape index (κ3) is 5.01. The van der Waals surface area contributed by atoms with Crippen molar-refractivity contribution in [1.29, 1.82) is 0 Å². The van der Waals surface area contributed by atoms with Crippen LogP contribution in [0, 0.1) is 0 Å². The van der Waals surface area contributed by atoms with Gasteiger partial charge in [0.2, 0.25) is 11.1 Å². The van der Waals surface area contributed by atoms with E-state index in [1.807, 2.05) is 0 Å². The van der Waals surface area contributed by atoms with Crippen LogP contribution in [0.3, 0.4) is 0 Å². The number of nitrogens with zero attached hydrogens (tertiary/aromatic N) is 4. The van der Waals surface area contributed by atoms with Crippen LogP contribution in [0.5, 0.6) is 0 Å². The maximum Gasteiger partial charge on any atom is 0.230 e. The summed E-state index contributed by atoms with van der Waals surface area (Å²) < 4.78 is 1.67. The molecular formula is C10H20N6OS. The van der Waals surface area contributed by atoms with Crippen molar-refractivity contribution >= 4 is 17.7 Å². The molecule has 0 bridgehead atoms. The predicted octanol–water partition coefficient (Wildman–Crippen LogP) is 0.0271. The SMILES string of the molecule is CC(Sc1nnnn1CCNC(C)(C)C)C(N)=O. The number of tetrazole rings is 1. The molecule has 1 aromatic heterocycles. The van der Waals surface area contributed by atoms with E-state index in [9.17, 15) is 4.79 Å². The highest BCUT2D eigenvalue weighted by molar-refractivity contribution is 8.00. The van der Waals surface area contributed by atoms with Crippen LogP contribution in [-0.4, -0.2) is 43.4 Å². The lowest BCUT2D eigenvalue weighted by Crippen LogP contribution is -2.38. The molecule has 1 heterocycles. The fourth-order valence-electron chi connectivity index (χ4n) is 1.17. The largest absolute Gasteiger partial charge is 0.369 e. The zero-order valence-corrected chi connectivity index (χ0v) is 12.0. The van der Waals surface area contributed by atoms with E-state index < -0.39 is 0 Å². The van der Waals surface area contributed by atoms with Crippen molar-refractivity contribution in [3.63, 3.8) is 0 Å². The van der Waals surface area contributed by atoms with E-state index in [4.69, 9.17) is 5.73 Å². The van der Waals surface area contributed by atoms with Gasteiger partial charge in [-0.15, -0.1) is 5.10 Å². The maximum atomic E-state index is 11.0. The smallest absolute Gasteiger partial charge is 0.230 e. The van der Waals surface area contributed by atoms with Crippen molar-refractivity contribution in [2.75, 3.05) is 6.54 Å². The number of nitrogens with one attached hydrogen (secondary N) is 1. The molecule has 0 aliphatic heterocycles. The summed E-state index contributed by atoms with van der Waals surface area (Å²) in [6.45, 7) is 9.43. The van der Waals surface area contributed by atoms with Crippen LogP contribution in [0.15, 0.2) is 5.16 Å². The zero-order valence-electron chi connectivity index (χ0n) is 11.2. The van der Waals surface area contributed by atoms with Crippen molar-refractivity contribution < 1.29 is 4.79 Å². The number of hydrogen-bond acceptors (Lipinski definition) is 6. The van der Waals surface area contributed by atoms with E-state index in [0.717, 1.165) is 6.54 Å². The molecule has 7 nitrogen and oxygen atoms in total. The van der Waals surface area contributed by atoms with Crippen LogP contribution in [-0.2, 0) is 11.3 Å². The third-order valence-electron chi connectivity index (χ3n) is 2.16. The standard InChI is InChI=1S/C10H20N6OS/c1-7(8(11)17)18-9-13-14-15-16(9)6-5-12-10(2,3)4/h7,12H,5-6H2,1-4H3,(H2,11,17). The summed E-state index contributed by atoms with van der Waals surface area (Å²) in [7, 11) is 0. The molecule has 1 unspecified atom stereocenters. The lowest BCUT2D eigenvalue weighted by Gasteiger charge is -2.20. The van der Waals surface area contributed by atoms with Gasteiger partial charge in [-0.2, -0.15) is 0 Å². The van der Waals surface area contributed by atoms with Gasteiger partial charge in [0.15, 0.2) is 0 Å². The third-order valence-corrected chi connectivity index (χ3v) is 3.25. The summed E-state index contributed by atoms with van der Waals surface area (Å²) in [6, 6.07) is 0. The number of thioether (sulfide) groups is 1. The summed E-state index contributed by atoms with van der Waals surface area (Å²) in [5.41, 5.74) is 5.27. The number of carbonyl (C=O) groups is 1. The van der Waals surface area contributed by atoms with Crippen molar-refractivity contribution in [3.8, 4) is 0 Å². The van der Waals surface area contributed by atoms with E-state index in [1.165, 1.54) is 11.8 Å². The van der Waals surface area contributed by atoms with Gasteiger partial charge in [-0.05, 0) is 38.1 Å². The normalized spacial score (nSPS) is 13.6. The first-order chi connectivity index (χ1) is 8.29. The van der Waals surface area contributed by atoms with Crippen LogP contribution >= 0.6 is 11.8 Å². The number of hydrogen-bond donors (Lipinski definition) is 2. The lowest BCUT2D eigenvalue weighted by molar-refractivity contribution is -0.117. The highest BCUT2D eigenvalue weighted by Crippen LogP contribution is 2.19. The Morgan fingerprint density at radius 2 is 2.22 bits per heavy atom. The first-order valence-electron chi connectivity index (χ1n) is 5.77. The topological polar surface area (TPSA) is 98.7 Å². The van der Waals surface area contributed by atoms with Crippen molar-refractivity contribution in [1.82, 2.24) is 25.5 Å². The van der Waals surface area contributed by atoms with Gasteiger partial charge < -0.3 is 11.1 Å². The second-order valence-electron chi connectivity index (χ2n) is 5.02. The van der Waals surface area contributed by atoms with Crippen LogP contribution in [0.4, 0.5) is 0 Å². The minimum Gasteiger partial charge on any atom is -0.369 e. The number of carbonyl (C=O) groups excluding carboxylic acids is 1. The molecule has 18 heavy (non-hydrogen) atoms. The summed E-state index contributed by atoms with van der Waals surface area (Å²) in [5.74, 6) is -0.373. The predicted molar refractivity (Wildman–Crippen MR) is 70.1 cm³/mol. The van der Waals surface area contributed by atoms with Gasteiger partial charge in [0.05, 0.1) is 11.8 Å². The minimum absolute atomic E-state index is 0.0574.